The van der Waals surface area contributed by atoms with Gasteiger partial charge in [0.25, 0.3) is 0 Å². The van der Waals surface area contributed by atoms with Gasteiger partial charge in [-0.15, -0.1) is 0 Å². The van der Waals surface area contributed by atoms with Gasteiger partial charge in [-0.25, -0.2) is 8.42 Å². The van der Waals surface area contributed by atoms with Crippen LogP contribution in [0.25, 0.3) is 5.57 Å². The number of allylic oxidation sites excluding steroid dienone is 1. The molecule has 0 aliphatic carbocycles. The Hall–Kier alpha value is -1.69. The summed E-state index contributed by atoms with van der Waals surface area (Å²) in [5.41, 5.74) is 8.11. The molecule has 19 heavy (non-hydrogen) atoms. The van der Waals surface area contributed by atoms with E-state index < -0.39 is 15.3 Å². The Morgan fingerprint density at radius 2 is 2.00 bits per heavy atom. The third-order valence-corrected chi connectivity index (χ3v) is 4.43. The number of rotatable bonds is 5. The van der Waals surface area contributed by atoms with E-state index in [9.17, 15) is 8.42 Å². The first kappa shape index (κ1) is 15.4. The predicted molar refractivity (Wildman–Crippen MR) is 79.8 cm³/mol. The second kappa shape index (κ2) is 5.52. The van der Waals surface area contributed by atoms with Gasteiger partial charge >= 0.3 is 0 Å². The SMILES string of the molecule is C=C(C)c1cc(N)c(OC)c(NS(=O)(=O)C(C)C)c1. The molecular formula is C13H20N2O3S. The maximum absolute atomic E-state index is 11.9. The highest BCUT2D eigenvalue weighted by Crippen LogP contribution is 2.35. The van der Waals surface area contributed by atoms with Gasteiger partial charge in [0.1, 0.15) is 0 Å². The molecule has 0 saturated heterocycles. The number of hydrogen-bond acceptors (Lipinski definition) is 4. The molecule has 0 bridgehead atoms. The summed E-state index contributed by atoms with van der Waals surface area (Å²) in [6, 6.07) is 3.37. The van der Waals surface area contributed by atoms with Crippen molar-refractivity contribution in [3.63, 3.8) is 0 Å². The molecule has 1 aromatic carbocycles. The normalized spacial score (nSPS) is 11.4. The Morgan fingerprint density at radius 1 is 1.42 bits per heavy atom. The molecule has 6 heteroatoms. The molecule has 0 spiro atoms. The fraction of sp³-hybridized carbons (Fsp3) is 0.385. The zero-order valence-corrected chi connectivity index (χ0v) is 12.5. The summed E-state index contributed by atoms with van der Waals surface area (Å²) in [7, 11) is -2.01. The lowest BCUT2D eigenvalue weighted by Crippen LogP contribution is -2.23. The summed E-state index contributed by atoms with van der Waals surface area (Å²) in [6.45, 7) is 8.84. The van der Waals surface area contributed by atoms with Crippen molar-refractivity contribution in [3.05, 3.63) is 24.3 Å². The Labute approximate surface area is 114 Å². The van der Waals surface area contributed by atoms with Crippen LogP contribution in [-0.2, 0) is 10.0 Å². The first-order valence-electron chi connectivity index (χ1n) is 5.84. The zero-order chi connectivity index (χ0) is 14.8. The Bertz CT molecular complexity index is 592. The van der Waals surface area contributed by atoms with Crippen LogP contribution in [0.3, 0.4) is 0 Å². The summed E-state index contributed by atoms with van der Waals surface area (Å²) in [6.07, 6.45) is 0. The van der Waals surface area contributed by atoms with E-state index in [4.69, 9.17) is 10.5 Å². The molecule has 0 aliphatic rings. The number of nitrogens with one attached hydrogen (secondary N) is 1. The van der Waals surface area contributed by atoms with Crippen LogP contribution in [0.2, 0.25) is 0 Å². The van der Waals surface area contributed by atoms with Gasteiger partial charge in [-0.1, -0.05) is 12.2 Å². The van der Waals surface area contributed by atoms with Gasteiger partial charge < -0.3 is 10.5 Å². The van der Waals surface area contributed by atoms with Crippen LogP contribution >= 0.6 is 0 Å². The fourth-order valence-corrected chi connectivity index (χ4v) is 2.17. The first-order valence-corrected chi connectivity index (χ1v) is 7.38. The highest BCUT2D eigenvalue weighted by molar-refractivity contribution is 7.93. The van der Waals surface area contributed by atoms with Crippen molar-refractivity contribution in [1.82, 2.24) is 0 Å². The van der Waals surface area contributed by atoms with Gasteiger partial charge in [0.2, 0.25) is 10.0 Å². The van der Waals surface area contributed by atoms with E-state index in [-0.39, 0.29) is 0 Å². The molecule has 0 amide bonds. The van der Waals surface area contributed by atoms with Crippen molar-refractivity contribution in [3.8, 4) is 5.75 Å². The van der Waals surface area contributed by atoms with Crippen molar-refractivity contribution >= 4 is 27.0 Å². The van der Waals surface area contributed by atoms with E-state index in [1.54, 1.807) is 26.0 Å². The van der Waals surface area contributed by atoms with E-state index in [1.807, 2.05) is 6.92 Å². The molecule has 1 rings (SSSR count). The van der Waals surface area contributed by atoms with E-state index in [1.165, 1.54) is 7.11 Å². The summed E-state index contributed by atoms with van der Waals surface area (Å²) >= 11 is 0. The maximum atomic E-state index is 11.9. The van der Waals surface area contributed by atoms with Gasteiger partial charge in [0.05, 0.1) is 23.7 Å². The van der Waals surface area contributed by atoms with Crippen molar-refractivity contribution in [1.29, 1.82) is 0 Å². The van der Waals surface area contributed by atoms with E-state index in [0.29, 0.717) is 17.1 Å². The molecule has 0 fully saturated rings. The Balaban J connectivity index is 3.36. The van der Waals surface area contributed by atoms with Crippen LogP contribution in [0, 0.1) is 0 Å². The topological polar surface area (TPSA) is 81.4 Å². The lowest BCUT2D eigenvalue weighted by molar-refractivity contribution is 0.419. The van der Waals surface area contributed by atoms with Crippen LogP contribution in [0.15, 0.2) is 18.7 Å². The van der Waals surface area contributed by atoms with Crippen molar-refractivity contribution < 1.29 is 13.2 Å². The summed E-state index contributed by atoms with van der Waals surface area (Å²) < 4.78 is 31.5. The molecule has 0 saturated carbocycles. The number of sulfonamides is 1. The number of anilines is 2. The lowest BCUT2D eigenvalue weighted by atomic mass is 10.1. The third-order valence-electron chi connectivity index (χ3n) is 2.69. The second-order valence-corrected chi connectivity index (χ2v) is 6.86. The minimum Gasteiger partial charge on any atom is -0.492 e. The van der Waals surface area contributed by atoms with Crippen LogP contribution in [0.5, 0.6) is 5.75 Å². The number of nitrogens with two attached hydrogens (primary N) is 1. The van der Waals surface area contributed by atoms with Crippen molar-refractivity contribution in [2.75, 3.05) is 17.6 Å². The highest BCUT2D eigenvalue weighted by Gasteiger charge is 2.19. The number of nitrogen functional groups attached to an aromatic ring is 1. The van der Waals surface area contributed by atoms with Crippen LogP contribution in [0.1, 0.15) is 26.3 Å². The average molecular weight is 284 g/mol. The van der Waals surface area contributed by atoms with Gasteiger partial charge in [-0.2, -0.15) is 0 Å². The fourth-order valence-electron chi connectivity index (χ4n) is 1.47. The smallest absolute Gasteiger partial charge is 0.235 e. The number of ether oxygens (including phenoxy) is 1. The molecular weight excluding hydrogens is 264 g/mol. The lowest BCUT2D eigenvalue weighted by Gasteiger charge is -2.17. The van der Waals surface area contributed by atoms with E-state index in [2.05, 4.69) is 11.3 Å². The van der Waals surface area contributed by atoms with Crippen LogP contribution < -0.4 is 15.2 Å². The monoisotopic (exact) mass is 284 g/mol. The first-order chi connectivity index (χ1) is 8.69. The average Bonchev–Trinajstić information content (AvgIpc) is 2.27. The number of hydrogen-bond donors (Lipinski definition) is 2. The molecule has 0 heterocycles. The van der Waals surface area contributed by atoms with Crippen molar-refractivity contribution in [2.24, 2.45) is 0 Å². The van der Waals surface area contributed by atoms with Gasteiger partial charge in [0, 0.05) is 0 Å². The molecule has 3 N–H and O–H groups in total. The number of benzene rings is 1. The minimum atomic E-state index is -3.46. The molecule has 1 aromatic rings. The molecule has 0 radical (unpaired) electrons. The maximum Gasteiger partial charge on any atom is 0.235 e. The van der Waals surface area contributed by atoms with Crippen LogP contribution in [-0.4, -0.2) is 20.8 Å². The predicted octanol–water partition coefficient (Wildman–Crippen LogP) is 2.46. The molecule has 0 atom stereocenters. The summed E-state index contributed by atoms with van der Waals surface area (Å²) in [5.74, 6) is 0.314. The molecule has 0 aromatic heterocycles. The standard InChI is InChI=1S/C13H20N2O3S/c1-8(2)10-6-11(14)13(18-5)12(7-10)15-19(16,17)9(3)4/h6-7,9,15H,1,14H2,2-5H3. The van der Waals surface area contributed by atoms with E-state index in [0.717, 1.165) is 11.1 Å². The summed E-state index contributed by atoms with van der Waals surface area (Å²) in [5, 5.41) is -0.549. The van der Waals surface area contributed by atoms with Gasteiger partial charge in [0.15, 0.2) is 5.75 Å². The minimum absolute atomic E-state index is 0.314. The Morgan fingerprint density at radius 3 is 2.42 bits per heavy atom. The highest BCUT2D eigenvalue weighted by atomic mass is 32.2. The quantitative estimate of drug-likeness (QED) is 0.814. The molecule has 0 aliphatic heterocycles. The third kappa shape index (κ3) is 3.41. The molecule has 5 nitrogen and oxygen atoms in total. The van der Waals surface area contributed by atoms with Crippen LogP contribution in [0.4, 0.5) is 11.4 Å². The van der Waals surface area contributed by atoms with E-state index >= 15 is 0 Å². The second-order valence-electron chi connectivity index (χ2n) is 4.62. The van der Waals surface area contributed by atoms with Crippen molar-refractivity contribution in [2.45, 2.75) is 26.0 Å². The number of methoxy groups -OCH3 is 1. The van der Waals surface area contributed by atoms with Gasteiger partial charge in [-0.3, -0.25) is 4.72 Å². The largest absolute Gasteiger partial charge is 0.492 e. The molecule has 0 unspecified atom stereocenters. The zero-order valence-electron chi connectivity index (χ0n) is 11.6. The summed E-state index contributed by atoms with van der Waals surface area (Å²) in [4.78, 5) is 0. The van der Waals surface area contributed by atoms with Gasteiger partial charge in [-0.05, 0) is 38.5 Å². The Kier molecular flexibility index (Phi) is 4.47. The molecule has 106 valence electrons.